The largest absolute Gasteiger partial charge is 0.494 e. The van der Waals surface area contributed by atoms with Gasteiger partial charge in [-0.15, -0.1) is 0 Å². The van der Waals surface area contributed by atoms with E-state index < -0.39 is 17.2 Å². The minimum Gasteiger partial charge on any atom is -0.494 e. The lowest BCUT2D eigenvalue weighted by Gasteiger charge is -2.13. The number of carbonyl (C=O) groups is 1. The SMILES string of the molecule is CCOc1ccc(-c2cc(C(=O)OC)c3c(=O)[nH]c(=O)n(CCOC)c3n2)cc1. The summed E-state index contributed by atoms with van der Waals surface area (Å²) >= 11 is 0. The average molecular weight is 399 g/mol. The van der Waals surface area contributed by atoms with E-state index in [0.29, 0.717) is 23.6 Å². The monoisotopic (exact) mass is 399 g/mol. The first-order valence-electron chi connectivity index (χ1n) is 8.98. The van der Waals surface area contributed by atoms with Crippen LogP contribution in [0.25, 0.3) is 22.3 Å². The van der Waals surface area contributed by atoms with Gasteiger partial charge >= 0.3 is 11.7 Å². The summed E-state index contributed by atoms with van der Waals surface area (Å²) in [4.78, 5) is 43.9. The van der Waals surface area contributed by atoms with Crippen LogP contribution < -0.4 is 16.0 Å². The van der Waals surface area contributed by atoms with Crippen molar-refractivity contribution in [3.8, 4) is 17.0 Å². The summed E-state index contributed by atoms with van der Waals surface area (Å²) in [5.41, 5.74) is -0.128. The number of aromatic nitrogens is 3. The second-order valence-electron chi connectivity index (χ2n) is 6.11. The highest BCUT2D eigenvalue weighted by molar-refractivity contribution is 6.03. The van der Waals surface area contributed by atoms with Crippen molar-refractivity contribution in [1.82, 2.24) is 14.5 Å². The molecule has 29 heavy (non-hydrogen) atoms. The van der Waals surface area contributed by atoms with Crippen molar-refractivity contribution in [2.75, 3.05) is 27.4 Å². The number of H-pyrrole nitrogens is 1. The number of nitrogens with one attached hydrogen (secondary N) is 1. The minimum absolute atomic E-state index is 0.0118. The third-order valence-corrected chi connectivity index (χ3v) is 4.33. The fourth-order valence-electron chi connectivity index (χ4n) is 2.97. The summed E-state index contributed by atoms with van der Waals surface area (Å²) in [6.07, 6.45) is 0. The summed E-state index contributed by atoms with van der Waals surface area (Å²) in [7, 11) is 2.72. The van der Waals surface area contributed by atoms with Crippen LogP contribution in [0.1, 0.15) is 17.3 Å². The van der Waals surface area contributed by atoms with Crippen molar-refractivity contribution in [1.29, 1.82) is 0 Å². The Labute approximate surface area is 165 Å². The van der Waals surface area contributed by atoms with Crippen molar-refractivity contribution >= 4 is 17.0 Å². The molecule has 0 amide bonds. The zero-order chi connectivity index (χ0) is 21.0. The average Bonchev–Trinajstić information content (AvgIpc) is 2.73. The molecule has 0 atom stereocenters. The number of esters is 1. The van der Waals surface area contributed by atoms with E-state index in [1.807, 2.05) is 6.92 Å². The van der Waals surface area contributed by atoms with E-state index in [-0.39, 0.29) is 29.7 Å². The zero-order valence-electron chi connectivity index (χ0n) is 16.4. The van der Waals surface area contributed by atoms with Crippen molar-refractivity contribution < 1.29 is 19.0 Å². The van der Waals surface area contributed by atoms with Gasteiger partial charge in [-0.25, -0.2) is 14.6 Å². The Hall–Kier alpha value is -3.46. The number of nitrogens with zero attached hydrogens (tertiary/aromatic N) is 2. The third-order valence-electron chi connectivity index (χ3n) is 4.33. The number of rotatable bonds is 7. The van der Waals surface area contributed by atoms with Crippen LogP contribution in [-0.2, 0) is 16.0 Å². The van der Waals surface area contributed by atoms with Gasteiger partial charge in [-0.05, 0) is 37.3 Å². The number of ether oxygens (including phenoxy) is 3. The number of carbonyl (C=O) groups excluding carboxylic acids is 1. The first kappa shape index (κ1) is 20.3. The summed E-state index contributed by atoms with van der Waals surface area (Å²) < 4.78 is 16.6. The van der Waals surface area contributed by atoms with E-state index in [1.54, 1.807) is 24.3 Å². The van der Waals surface area contributed by atoms with Gasteiger partial charge in [0.05, 0.1) is 43.5 Å². The molecular formula is C20H21N3O6. The fourth-order valence-corrected chi connectivity index (χ4v) is 2.97. The molecule has 0 aliphatic carbocycles. The molecule has 0 saturated carbocycles. The molecule has 3 rings (SSSR count). The summed E-state index contributed by atoms with van der Waals surface area (Å²) in [6, 6.07) is 8.59. The normalized spacial score (nSPS) is 10.9. The Morgan fingerprint density at radius 3 is 2.52 bits per heavy atom. The summed E-state index contributed by atoms with van der Waals surface area (Å²) in [6.45, 7) is 2.80. The van der Waals surface area contributed by atoms with Gasteiger partial charge in [-0.3, -0.25) is 14.3 Å². The molecule has 0 spiro atoms. The fraction of sp³-hybridized carbons (Fsp3) is 0.300. The Balaban J connectivity index is 2.30. The van der Waals surface area contributed by atoms with Crippen LogP contribution in [0.15, 0.2) is 39.9 Å². The highest BCUT2D eigenvalue weighted by atomic mass is 16.5. The molecule has 0 bridgehead atoms. The van der Waals surface area contributed by atoms with E-state index >= 15 is 0 Å². The number of aromatic amines is 1. The van der Waals surface area contributed by atoms with E-state index in [4.69, 9.17) is 14.2 Å². The number of hydrogen-bond acceptors (Lipinski definition) is 7. The number of pyridine rings is 1. The van der Waals surface area contributed by atoms with Crippen molar-refractivity contribution in [3.05, 3.63) is 56.7 Å². The predicted octanol–water partition coefficient (Wildman–Crippen LogP) is 1.58. The van der Waals surface area contributed by atoms with E-state index in [1.165, 1.54) is 24.9 Å². The van der Waals surface area contributed by atoms with Gasteiger partial charge in [0.1, 0.15) is 5.75 Å². The lowest BCUT2D eigenvalue weighted by Crippen LogP contribution is -2.33. The Morgan fingerprint density at radius 1 is 1.17 bits per heavy atom. The van der Waals surface area contributed by atoms with Crippen LogP contribution in [0, 0.1) is 0 Å². The van der Waals surface area contributed by atoms with Crippen molar-refractivity contribution in [2.24, 2.45) is 0 Å². The molecule has 1 aromatic carbocycles. The first-order chi connectivity index (χ1) is 14.0. The molecule has 152 valence electrons. The minimum atomic E-state index is -0.704. The van der Waals surface area contributed by atoms with Crippen LogP contribution in [0.4, 0.5) is 0 Å². The molecule has 0 saturated heterocycles. The topological polar surface area (TPSA) is 113 Å². The standard InChI is InChI=1S/C20H21N3O6/c1-4-29-13-7-5-12(6-8-13)15-11-14(19(25)28-3)16-17(21-15)23(9-10-27-2)20(26)22-18(16)24/h5-8,11H,4,9-10H2,1-3H3,(H,22,24,26). The van der Waals surface area contributed by atoms with Gasteiger partial charge in [-0.2, -0.15) is 0 Å². The molecular weight excluding hydrogens is 378 g/mol. The van der Waals surface area contributed by atoms with Crippen LogP contribution in [0.2, 0.25) is 0 Å². The number of methoxy groups -OCH3 is 2. The number of fused-ring (bicyclic) bond motifs is 1. The third kappa shape index (κ3) is 4.04. The maximum absolute atomic E-state index is 12.5. The number of benzene rings is 1. The molecule has 0 radical (unpaired) electrons. The molecule has 0 fully saturated rings. The van der Waals surface area contributed by atoms with Crippen LogP contribution >= 0.6 is 0 Å². The molecule has 2 heterocycles. The molecule has 1 N–H and O–H groups in total. The molecule has 9 heteroatoms. The quantitative estimate of drug-likeness (QED) is 0.600. The van der Waals surface area contributed by atoms with E-state index in [0.717, 1.165) is 0 Å². The number of hydrogen-bond donors (Lipinski definition) is 1. The Kier molecular flexibility index (Phi) is 6.08. The maximum Gasteiger partial charge on any atom is 0.338 e. The molecule has 9 nitrogen and oxygen atoms in total. The first-order valence-corrected chi connectivity index (χ1v) is 8.98. The van der Waals surface area contributed by atoms with Crippen molar-refractivity contribution in [3.63, 3.8) is 0 Å². The maximum atomic E-state index is 12.5. The molecule has 2 aromatic heterocycles. The van der Waals surface area contributed by atoms with Gasteiger partial charge in [0.15, 0.2) is 5.65 Å². The van der Waals surface area contributed by atoms with E-state index in [2.05, 4.69) is 9.97 Å². The van der Waals surface area contributed by atoms with Crippen LogP contribution in [-0.4, -0.2) is 47.9 Å². The molecule has 0 unspecified atom stereocenters. The van der Waals surface area contributed by atoms with E-state index in [9.17, 15) is 14.4 Å². The second kappa shape index (κ2) is 8.70. The lowest BCUT2D eigenvalue weighted by molar-refractivity contribution is 0.0603. The molecule has 0 aliphatic rings. The smallest absolute Gasteiger partial charge is 0.338 e. The predicted molar refractivity (Wildman–Crippen MR) is 106 cm³/mol. The Morgan fingerprint density at radius 2 is 1.90 bits per heavy atom. The zero-order valence-corrected chi connectivity index (χ0v) is 16.4. The molecule has 3 aromatic rings. The summed E-state index contributed by atoms with van der Waals surface area (Å²) in [5, 5.41) is -0.0118. The van der Waals surface area contributed by atoms with Crippen LogP contribution in [0.5, 0.6) is 5.75 Å². The van der Waals surface area contributed by atoms with Crippen molar-refractivity contribution in [2.45, 2.75) is 13.5 Å². The Bertz CT molecular complexity index is 1150. The van der Waals surface area contributed by atoms with Gasteiger partial charge in [0.25, 0.3) is 5.56 Å². The lowest BCUT2D eigenvalue weighted by atomic mass is 10.1. The second-order valence-corrected chi connectivity index (χ2v) is 6.11. The van der Waals surface area contributed by atoms with Gasteiger partial charge < -0.3 is 14.2 Å². The van der Waals surface area contributed by atoms with Gasteiger partial charge in [0.2, 0.25) is 0 Å². The van der Waals surface area contributed by atoms with Gasteiger partial charge in [-0.1, -0.05) is 0 Å². The molecule has 0 aliphatic heterocycles. The van der Waals surface area contributed by atoms with Crippen LogP contribution in [0.3, 0.4) is 0 Å². The summed E-state index contributed by atoms with van der Waals surface area (Å²) in [5.74, 6) is -0.00861. The highest BCUT2D eigenvalue weighted by Gasteiger charge is 2.20. The highest BCUT2D eigenvalue weighted by Crippen LogP contribution is 2.25. The van der Waals surface area contributed by atoms with Gasteiger partial charge in [0, 0.05) is 12.7 Å².